The predicted octanol–water partition coefficient (Wildman–Crippen LogP) is 7.39. The number of allylic oxidation sites excluding steroid dienone is 4. The summed E-state index contributed by atoms with van der Waals surface area (Å²) in [6, 6.07) is 11.6. The molecule has 5 aliphatic carbocycles. The van der Waals surface area contributed by atoms with E-state index in [0.29, 0.717) is 5.56 Å². The second-order valence-corrected chi connectivity index (χ2v) is 16.2. The Bertz CT molecular complexity index is 1480. The van der Waals surface area contributed by atoms with Crippen LogP contribution in [-0.4, -0.2) is 23.0 Å². The third kappa shape index (κ3) is 3.76. The molecule has 0 radical (unpaired) electrons. The first-order chi connectivity index (χ1) is 19.5. The van der Waals surface area contributed by atoms with E-state index in [1.54, 1.807) is 0 Å². The van der Waals surface area contributed by atoms with Crippen LogP contribution in [0.3, 0.4) is 0 Å². The first-order valence-corrected chi connectivity index (χ1v) is 15.9. The number of rotatable bonds is 2. The van der Waals surface area contributed by atoms with Gasteiger partial charge in [0.15, 0.2) is 11.6 Å². The summed E-state index contributed by atoms with van der Waals surface area (Å²) in [6.45, 7) is 15.4. The fourth-order valence-corrected chi connectivity index (χ4v) is 10.7. The van der Waals surface area contributed by atoms with Crippen molar-refractivity contribution < 1.29 is 14.4 Å². The number of Topliss-reactive ketones (excluding diaryl/α,β-unsaturated/α-hetero) is 1. The molecule has 5 nitrogen and oxygen atoms in total. The Balaban J connectivity index is 1.47. The summed E-state index contributed by atoms with van der Waals surface area (Å²) in [5, 5.41) is 13.5. The fraction of sp³-hybridized carbons (Fsp3) is 0.622. The number of fused-ring (bicyclic) bond motifs is 7. The number of ketones is 2. The Morgan fingerprint density at radius 1 is 0.929 bits per heavy atom. The molecule has 0 bridgehead atoms. The van der Waals surface area contributed by atoms with Gasteiger partial charge in [0.05, 0.1) is 5.57 Å². The Hall–Kier alpha value is -3.00. The minimum Gasteiger partial charge on any atom is -0.346 e. The first kappa shape index (κ1) is 29.1. The van der Waals surface area contributed by atoms with Crippen molar-refractivity contribution in [2.75, 3.05) is 0 Å². The highest BCUT2D eigenvalue weighted by Gasteiger charge is 2.70. The molecule has 1 aromatic carbocycles. The van der Waals surface area contributed by atoms with Gasteiger partial charge >= 0.3 is 0 Å². The third-order valence-electron chi connectivity index (χ3n) is 13.3. The van der Waals surface area contributed by atoms with Crippen LogP contribution in [0.4, 0.5) is 0 Å². The highest BCUT2D eigenvalue weighted by atomic mass is 16.2. The van der Waals surface area contributed by atoms with Gasteiger partial charge in [-0.25, -0.2) is 0 Å². The summed E-state index contributed by atoms with van der Waals surface area (Å²) in [6.07, 6.45) is 10.1. The van der Waals surface area contributed by atoms with Gasteiger partial charge < -0.3 is 5.32 Å². The van der Waals surface area contributed by atoms with E-state index < -0.39 is 16.4 Å². The maximum absolute atomic E-state index is 14.6. The molecule has 1 N–H and O–H groups in total. The molecule has 7 atom stereocenters. The van der Waals surface area contributed by atoms with Gasteiger partial charge in [-0.2, -0.15) is 5.26 Å². The second kappa shape index (κ2) is 9.01. The number of carbonyl (C=O) groups is 3. The van der Waals surface area contributed by atoms with Crippen molar-refractivity contribution in [3.05, 3.63) is 59.2 Å². The van der Waals surface area contributed by atoms with Crippen molar-refractivity contribution in [2.24, 2.45) is 44.8 Å². The number of hydrogen-bond donors (Lipinski definition) is 1. The van der Waals surface area contributed by atoms with Gasteiger partial charge in [-0.15, -0.1) is 0 Å². The summed E-state index contributed by atoms with van der Waals surface area (Å²) in [4.78, 5) is 41.6. The lowest BCUT2D eigenvalue weighted by molar-refractivity contribution is -0.160. The number of hydrogen-bond acceptors (Lipinski definition) is 4. The first-order valence-electron chi connectivity index (χ1n) is 15.9. The molecule has 7 unspecified atom stereocenters. The van der Waals surface area contributed by atoms with Crippen LogP contribution in [-0.2, 0) is 9.59 Å². The molecule has 1 amide bonds. The highest BCUT2D eigenvalue weighted by molar-refractivity contribution is 6.04. The van der Waals surface area contributed by atoms with Crippen molar-refractivity contribution in [3.8, 4) is 6.07 Å². The maximum atomic E-state index is 14.6. The van der Waals surface area contributed by atoms with Gasteiger partial charge in [-0.05, 0) is 91.2 Å². The topological polar surface area (TPSA) is 87.0 Å². The molecule has 1 aromatic rings. The average Bonchev–Trinajstić information content (AvgIpc) is 2.93. The SMILES string of the molecule is CC1(C)CCC2(NC(=O)c3ccccc3)CCC3(C)C(C(=O)C=C4C5(C)C=C(C#N)C(=O)C(C)(C)C5CCC43C)C2C1. The van der Waals surface area contributed by atoms with Crippen LogP contribution in [0.15, 0.2) is 53.6 Å². The van der Waals surface area contributed by atoms with Crippen LogP contribution < -0.4 is 5.32 Å². The maximum Gasteiger partial charge on any atom is 0.251 e. The van der Waals surface area contributed by atoms with Crippen LogP contribution in [0.1, 0.15) is 104 Å². The summed E-state index contributed by atoms with van der Waals surface area (Å²) in [5.74, 6) is -0.101. The van der Waals surface area contributed by atoms with E-state index in [-0.39, 0.29) is 57.0 Å². The normalized spacial score (nSPS) is 41.5. The molecule has 0 spiro atoms. The zero-order chi connectivity index (χ0) is 30.5. The molecule has 6 rings (SSSR count). The molecule has 5 aliphatic rings. The van der Waals surface area contributed by atoms with Crippen LogP contribution in [0.2, 0.25) is 0 Å². The van der Waals surface area contributed by atoms with Crippen molar-refractivity contribution in [1.82, 2.24) is 5.32 Å². The van der Waals surface area contributed by atoms with E-state index in [4.69, 9.17) is 0 Å². The van der Waals surface area contributed by atoms with Gasteiger partial charge in [0.2, 0.25) is 0 Å². The standard InChI is InChI=1S/C37H46N2O3/c1-32(2)15-17-37(39-31(42)23-11-9-8-10-12-23)18-16-36(7)29(25(37)21-32)26(40)19-28-34(5)20-24(22-38)30(41)33(3,4)27(34)13-14-35(28,36)6/h8-12,19-20,25,27,29H,13-18,21H2,1-7H3,(H,39,42). The predicted molar refractivity (Wildman–Crippen MR) is 163 cm³/mol. The van der Waals surface area contributed by atoms with E-state index in [1.165, 1.54) is 0 Å². The molecule has 42 heavy (non-hydrogen) atoms. The molecular weight excluding hydrogens is 520 g/mol. The number of carbonyl (C=O) groups excluding carboxylic acids is 3. The Morgan fingerprint density at radius 2 is 1.60 bits per heavy atom. The molecule has 0 aliphatic heterocycles. The molecule has 0 heterocycles. The molecule has 0 saturated heterocycles. The van der Waals surface area contributed by atoms with Crippen LogP contribution in [0, 0.1) is 56.2 Å². The Labute approximate surface area is 251 Å². The largest absolute Gasteiger partial charge is 0.346 e. The number of benzene rings is 1. The monoisotopic (exact) mass is 566 g/mol. The molecule has 3 saturated carbocycles. The zero-order valence-corrected chi connectivity index (χ0v) is 26.4. The van der Waals surface area contributed by atoms with Gasteiger partial charge in [0.1, 0.15) is 6.07 Å². The van der Waals surface area contributed by atoms with Gasteiger partial charge in [0.25, 0.3) is 5.91 Å². The average molecular weight is 567 g/mol. The fourth-order valence-electron chi connectivity index (χ4n) is 10.7. The third-order valence-corrected chi connectivity index (χ3v) is 13.3. The Morgan fingerprint density at radius 3 is 2.26 bits per heavy atom. The minimum absolute atomic E-state index is 0.0309. The Kier molecular flexibility index (Phi) is 6.24. The molecule has 222 valence electrons. The smallest absolute Gasteiger partial charge is 0.251 e. The zero-order valence-electron chi connectivity index (χ0n) is 26.4. The molecule has 5 heteroatoms. The molecule has 3 fully saturated rings. The number of nitrogens with zero attached hydrogens (tertiary/aromatic N) is 1. The van der Waals surface area contributed by atoms with Crippen molar-refractivity contribution in [1.29, 1.82) is 5.26 Å². The van der Waals surface area contributed by atoms with E-state index in [0.717, 1.165) is 50.5 Å². The van der Waals surface area contributed by atoms with Crippen LogP contribution in [0.5, 0.6) is 0 Å². The van der Waals surface area contributed by atoms with Crippen LogP contribution in [0.25, 0.3) is 0 Å². The second-order valence-electron chi connectivity index (χ2n) is 16.2. The van der Waals surface area contributed by atoms with Gasteiger partial charge in [0, 0.05) is 27.9 Å². The lowest BCUT2D eigenvalue weighted by Gasteiger charge is -2.69. The highest BCUT2D eigenvalue weighted by Crippen LogP contribution is 2.73. The summed E-state index contributed by atoms with van der Waals surface area (Å²) in [7, 11) is 0. The van der Waals surface area contributed by atoms with Gasteiger partial charge in [-0.3, -0.25) is 14.4 Å². The van der Waals surface area contributed by atoms with E-state index in [1.807, 2.05) is 56.3 Å². The lowest BCUT2D eigenvalue weighted by atomic mass is 9.35. The number of amides is 1. The van der Waals surface area contributed by atoms with E-state index in [9.17, 15) is 19.6 Å². The summed E-state index contributed by atoms with van der Waals surface area (Å²) in [5.41, 5.74) is -0.115. The van der Waals surface area contributed by atoms with Crippen molar-refractivity contribution >= 4 is 17.5 Å². The number of nitriles is 1. The van der Waals surface area contributed by atoms with Gasteiger partial charge in [-0.1, -0.05) is 78.3 Å². The summed E-state index contributed by atoms with van der Waals surface area (Å²) >= 11 is 0. The van der Waals surface area contributed by atoms with Crippen LogP contribution >= 0.6 is 0 Å². The number of nitrogens with one attached hydrogen (secondary N) is 1. The minimum atomic E-state index is -0.672. The van der Waals surface area contributed by atoms with E-state index >= 15 is 0 Å². The quantitative estimate of drug-likeness (QED) is 0.404. The summed E-state index contributed by atoms with van der Waals surface area (Å²) < 4.78 is 0. The lowest BCUT2D eigenvalue weighted by Crippen LogP contribution is -2.69. The van der Waals surface area contributed by atoms with E-state index in [2.05, 4.69) is 46.0 Å². The van der Waals surface area contributed by atoms with Crippen molar-refractivity contribution in [2.45, 2.75) is 99.0 Å². The molecular formula is C37H46N2O3. The van der Waals surface area contributed by atoms with Crippen molar-refractivity contribution in [3.63, 3.8) is 0 Å². The molecule has 0 aromatic heterocycles.